The lowest BCUT2D eigenvalue weighted by Crippen LogP contribution is -2.22. The van der Waals surface area contributed by atoms with Crippen molar-refractivity contribution in [2.45, 2.75) is 33.1 Å². The summed E-state index contributed by atoms with van der Waals surface area (Å²) >= 11 is 0. The minimum atomic E-state index is -0.0405. The van der Waals surface area contributed by atoms with Gasteiger partial charge in [-0.3, -0.25) is 4.79 Å². The molecule has 3 rings (SSSR count). The number of hydrogen-bond donors (Lipinski definition) is 0. The molecule has 0 amide bonds. The van der Waals surface area contributed by atoms with Crippen LogP contribution in [0.15, 0.2) is 29.8 Å². The molecule has 1 heteroatoms. The molecular formula is C16H18O. The van der Waals surface area contributed by atoms with E-state index in [-0.39, 0.29) is 5.41 Å². The third-order valence-corrected chi connectivity index (χ3v) is 4.39. The van der Waals surface area contributed by atoms with Gasteiger partial charge >= 0.3 is 0 Å². The Morgan fingerprint density at radius 1 is 1.29 bits per heavy atom. The molecule has 0 aromatic heterocycles. The van der Waals surface area contributed by atoms with Crippen molar-refractivity contribution >= 4 is 11.9 Å². The van der Waals surface area contributed by atoms with Crippen LogP contribution in [0.3, 0.4) is 0 Å². The van der Waals surface area contributed by atoms with Crippen LogP contribution in [-0.2, 0) is 4.79 Å². The molecule has 2 saturated carbocycles. The zero-order chi connectivity index (χ0) is 12.0. The monoisotopic (exact) mass is 226 g/mol. The molecule has 2 bridgehead atoms. The van der Waals surface area contributed by atoms with Crippen LogP contribution in [0.4, 0.5) is 0 Å². The number of aryl methyl sites for hydroxylation is 1. The molecule has 2 aliphatic rings. The van der Waals surface area contributed by atoms with Gasteiger partial charge in [0.05, 0.1) is 0 Å². The van der Waals surface area contributed by atoms with Crippen molar-refractivity contribution in [3.63, 3.8) is 0 Å². The van der Waals surface area contributed by atoms with Gasteiger partial charge in [-0.1, -0.05) is 36.8 Å². The number of hydrogen-bond acceptors (Lipinski definition) is 1. The Kier molecular flexibility index (Phi) is 2.25. The first-order valence-electron chi connectivity index (χ1n) is 6.42. The number of allylic oxidation sites excluding steroid dienone is 1. The molecule has 0 saturated heterocycles. The Morgan fingerprint density at radius 3 is 2.59 bits per heavy atom. The highest BCUT2D eigenvalue weighted by Gasteiger charge is 2.51. The number of carbonyl (C=O) groups excluding carboxylic acids is 1. The zero-order valence-electron chi connectivity index (χ0n) is 10.5. The van der Waals surface area contributed by atoms with Gasteiger partial charge in [-0.25, -0.2) is 0 Å². The molecule has 2 fully saturated rings. The number of carbonyl (C=O) groups is 1. The third kappa shape index (κ3) is 1.65. The first-order chi connectivity index (χ1) is 8.08. The number of Topliss-reactive ketones (excluding diaryl/α,β-unsaturated/α-hetero) is 1. The fraction of sp³-hybridized carbons (Fsp3) is 0.438. The SMILES string of the molecule is Cc1ccc(/C=C2\C(=O)C3(C)CCC2C3)cc1. The second kappa shape index (κ2) is 3.56. The molecule has 0 spiro atoms. The van der Waals surface area contributed by atoms with Crippen LogP contribution in [-0.4, -0.2) is 5.78 Å². The van der Waals surface area contributed by atoms with Crippen LogP contribution in [0.1, 0.15) is 37.3 Å². The molecule has 88 valence electrons. The second-order valence-electron chi connectivity index (χ2n) is 5.84. The predicted molar refractivity (Wildman–Crippen MR) is 69.6 cm³/mol. The van der Waals surface area contributed by atoms with E-state index >= 15 is 0 Å². The second-order valence-corrected chi connectivity index (χ2v) is 5.84. The normalized spacial score (nSPS) is 33.6. The summed E-state index contributed by atoms with van der Waals surface area (Å²) in [5.74, 6) is 0.920. The summed E-state index contributed by atoms with van der Waals surface area (Å²) in [6.07, 6.45) is 5.46. The molecular weight excluding hydrogens is 208 g/mol. The maximum absolute atomic E-state index is 12.3. The van der Waals surface area contributed by atoms with Crippen molar-refractivity contribution in [1.29, 1.82) is 0 Å². The first kappa shape index (κ1) is 10.8. The average molecular weight is 226 g/mol. The fourth-order valence-electron chi connectivity index (χ4n) is 3.27. The molecule has 1 aromatic rings. The lowest BCUT2D eigenvalue weighted by Gasteiger charge is -2.20. The molecule has 0 N–H and O–H groups in total. The van der Waals surface area contributed by atoms with Crippen molar-refractivity contribution in [3.05, 3.63) is 41.0 Å². The number of ketones is 1. The topological polar surface area (TPSA) is 17.1 Å². The average Bonchev–Trinajstić information content (AvgIpc) is 2.79. The van der Waals surface area contributed by atoms with Gasteiger partial charge in [-0.15, -0.1) is 0 Å². The molecule has 2 unspecified atom stereocenters. The Bertz CT molecular complexity index is 495. The lowest BCUT2D eigenvalue weighted by atomic mass is 9.83. The van der Waals surface area contributed by atoms with Gasteiger partial charge in [0, 0.05) is 5.41 Å². The Morgan fingerprint density at radius 2 is 2.00 bits per heavy atom. The van der Waals surface area contributed by atoms with Gasteiger partial charge < -0.3 is 0 Å². The molecule has 2 atom stereocenters. The van der Waals surface area contributed by atoms with Crippen LogP contribution in [0.5, 0.6) is 0 Å². The number of fused-ring (bicyclic) bond motifs is 2. The van der Waals surface area contributed by atoms with Crippen LogP contribution in [0.25, 0.3) is 6.08 Å². The minimum Gasteiger partial charge on any atom is -0.294 e. The van der Waals surface area contributed by atoms with E-state index in [4.69, 9.17) is 0 Å². The summed E-state index contributed by atoms with van der Waals surface area (Å²) in [5, 5.41) is 0. The quantitative estimate of drug-likeness (QED) is 0.666. The van der Waals surface area contributed by atoms with Crippen molar-refractivity contribution in [1.82, 2.24) is 0 Å². The highest BCUT2D eigenvalue weighted by Crippen LogP contribution is 2.54. The van der Waals surface area contributed by atoms with Gasteiger partial charge in [0.1, 0.15) is 0 Å². The highest BCUT2D eigenvalue weighted by atomic mass is 16.1. The number of rotatable bonds is 1. The first-order valence-corrected chi connectivity index (χ1v) is 6.42. The van der Waals surface area contributed by atoms with E-state index in [9.17, 15) is 4.79 Å². The summed E-state index contributed by atoms with van der Waals surface area (Å²) < 4.78 is 0. The Hall–Kier alpha value is -1.37. The molecule has 0 radical (unpaired) electrons. The fourth-order valence-corrected chi connectivity index (χ4v) is 3.27. The van der Waals surface area contributed by atoms with E-state index in [2.05, 4.69) is 44.2 Å². The minimum absolute atomic E-state index is 0.0405. The molecule has 1 aromatic carbocycles. The third-order valence-electron chi connectivity index (χ3n) is 4.39. The Labute approximate surface area is 103 Å². The Balaban J connectivity index is 1.95. The van der Waals surface area contributed by atoms with Crippen LogP contribution in [0, 0.1) is 18.3 Å². The summed E-state index contributed by atoms with van der Waals surface area (Å²) in [6, 6.07) is 8.41. The van der Waals surface area contributed by atoms with Crippen LogP contribution in [0.2, 0.25) is 0 Å². The summed E-state index contributed by atoms with van der Waals surface area (Å²) in [4.78, 5) is 12.3. The van der Waals surface area contributed by atoms with Crippen molar-refractivity contribution < 1.29 is 4.79 Å². The predicted octanol–water partition coefficient (Wildman–Crippen LogP) is 3.77. The smallest absolute Gasteiger partial charge is 0.165 e. The maximum Gasteiger partial charge on any atom is 0.165 e. The van der Waals surface area contributed by atoms with Gasteiger partial charge in [-0.05, 0) is 49.3 Å². The summed E-state index contributed by atoms with van der Waals surface area (Å²) in [5.41, 5.74) is 3.46. The molecule has 2 aliphatic carbocycles. The van der Waals surface area contributed by atoms with Crippen LogP contribution >= 0.6 is 0 Å². The van der Waals surface area contributed by atoms with E-state index in [0.717, 1.165) is 24.0 Å². The van der Waals surface area contributed by atoms with Gasteiger partial charge in [-0.2, -0.15) is 0 Å². The largest absolute Gasteiger partial charge is 0.294 e. The number of benzene rings is 1. The molecule has 0 aliphatic heterocycles. The molecule has 1 nitrogen and oxygen atoms in total. The standard InChI is InChI=1S/C16H18O/c1-11-3-5-12(6-4-11)9-14-13-7-8-16(2,10-13)15(14)17/h3-6,9,13H,7-8,10H2,1-2H3/b14-9-. The van der Waals surface area contributed by atoms with E-state index in [1.807, 2.05) is 0 Å². The van der Waals surface area contributed by atoms with E-state index in [0.29, 0.717) is 11.7 Å². The van der Waals surface area contributed by atoms with Gasteiger partial charge in [0.25, 0.3) is 0 Å². The summed E-state index contributed by atoms with van der Waals surface area (Å²) in [6.45, 7) is 4.21. The van der Waals surface area contributed by atoms with Crippen LogP contribution < -0.4 is 0 Å². The summed E-state index contributed by atoms with van der Waals surface area (Å²) in [7, 11) is 0. The highest BCUT2D eigenvalue weighted by molar-refractivity contribution is 6.06. The van der Waals surface area contributed by atoms with Gasteiger partial charge in [0.2, 0.25) is 0 Å². The van der Waals surface area contributed by atoms with Crippen molar-refractivity contribution in [3.8, 4) is 0 Å². The molecule has 17 heavy (non-hydrogen) atoms. The van der Waals surface area contributed by atoms with E-state index in [1.54, 1.807) is 0 Å². The van der Waals surface area contributed by atoms with Gasteiger partial charge in [0.15, 0.2) is 5.78 Å². The maximum atomic E-state index is 12.3. The lowest BCUT2D eigenvalue weighted by molar-refractivity contribution is -0.122. The molecule has 0 heterocycles. The van der Waals surface area contributed by atoms with Crippen molar-refractivity contribution in [2.75, 3.05) is 0 Å². The zero-order valence-corrected chi connectivity index (χ0v) is 10.5. The van der Waals surface area contributed by atoms with E-state index < -0.39 is 0 Å². The van der Waals surface area contributed by atoms with E-state index in [1.165, 1.54) is 12.0 Å². The van der Waals surface area contributed by atoms with Crippen molar-refractivity contribution in [2.24, 2.45) is 11.3 Å².